The van der Waals surface area contributed by atoms with Gasteiger partial charge >= 0.3 is 5.97 Å². The van der Waals surface area contributed by atoms with E-state index < -0.39 is 12.1 Å². The van der Waals surface area contributed by atoms with Crippen LogP contribution in [0.3, 0.4) is 0 Å². The van der Waals surface area contributed by atoms with Crippen LogP contribution >= 0.6 is 11.6 Å². The maximum Gasteiger partial charge on any atom is 0.339 e. The van der Waals surface area contributed by atoms with Crippen LogP contribution in [-0.2, 0) is 14.3 Å². The van der Waals surface area contributed by atoms with Gasteiger partial charge in [-0.1, -0.05) is 79.1 Å². The number of pyridine rings is 1. The Labute approximate surface area is 265 Å². The first kappa shape index (κ1) is 29.1. The topological polar surface area (TPSA) is 93.6 Å². The van der Waals surface area contributed by atoms with Gasteiger partial charge in [-0.3, -0.25) is 19.3 Å². The number of Topliss-reactive ketones (excluding diaryl/α,β-unsaturated/α-hetero) is 1. The van der Waals surface area contributed by atoms with E-state index in [1.807, 2.05) is 13.0 Å². The molecule has 4 aromatic rings. The highest BCUT2D eigenvalue weighted by atomic mass is 35.5. The lowest BCUT2D eigenvalue weighted by atomic mass is 9.82. The highest BCUT2D eigenvalue weighted by Gasteiger charge is 2.60. The minimum absolute atomic E-state index is 0.130. The molecule has 2 aliphatic carbocycles. The summed E-state index contributed by atoms with van der Waals surface area (Å²) in [5.74, 6) is -1.45. The predicted octanol–water partition coefficient (Wildman–Crippen LogP) is 7.47. The molecule has 1 saturated carbocycles. The first-order valence-corrected chi connectivity index (χ1v) is 15.7. The standard InChI is InChI=1S/C37H31ClN2O5/c1-3-7-31(34(41)22-8-5-4-6-9-22)45-37(44)28-19-30(39-29-15-12-24(38)18-27(28)29)21-10-13-25(14-11-21)40-35(42)32-23-16-20(2)26(17-23)33(32)36(40)43/h4-6,8-16,18-19,23,26,31-33H,3,7,17H2,1-2H3. The van der Waals surface area contributed by atoms with E-state index in [-0.39, 0.29) is 46.8 Å². The molecule has 1 saturated heterocycles. The van der Waals surface area contributed by atoms with Crippen LogP contribution in [0.4, 0.5) is 5.69 Å². The molecule has 8 heteroatoms. The Bertz CT molecular complexity index is 1900. The van der Waals surface area contributed by atoms with Gasteiger partial charge in [0.2, 0.25) is 17.6 Å². The van der Waals surface area contributed by atoms with Crippen molar-refractivity contribution in [2.24, 2.45) is 23.7 Å². The third-order valence-corrected chi connectivity index (χ3v) is 9.68. The van der Waals surface area contributed by atoms with Crippen LogP contribution in [0.5, 0.6) is 0 Å². The summed E-state index contributed by atoms with van der Waals surface area (Å²) < 4.78 is 5.86. The van der Waals surface area contributed by atoms with Crippen LogP contribution in [-0.4, -0.2) is 34.7 Å². The van der Waals surface area contributed by atoms with Crippen molar-refractivity contribution in [2.75, 3.05) is 4.90 Å². The maximum atomic E-state index is 13.7. The van der Waals surface area contributed by atoms with Crippen LogP contribution in [0.25, 0.3) is 22.2 Å². The Morgan fingerprint density at radius 1 is 0.978 bits per heavy atom. The molecule has 3 aromatic carbocycles. The third kappa shape index (κ3) is 4.95. The van der Waals surface area contributed by atoms with Crippen molar-refractivity contribution in [3.05, 3.63) is 107 Å². The van der Waals surface area contributed by atoms with Gasteiger partial charge in [0.1, 0.15) is 0 Å². The number of carbonyl (C=O) groups excluding carboxylic acids is 4. The number of esters is 1. The molecule has 226 valence electrons. The normalized spacial score (nSPS) is 22.5. The van der Waals surface area contributed by atoms with Crippen LogP contribution in [0.2, 0.25) is 5.02 Å². The molecular weight excluding hydrogens is 588 g/mol. The Hall–Kier alpha value is -4.62. The second-order valence-electron chi connectivity index (χ2n) is 12.2. The predicted molar refractivity (Wildman–Crippen MR) is 172 cm³/mol. The highest BCUT2D eigenvalue weighted by molar-refractivity contribution is 6.31. The summed E-state index contributed by atoms with van der Waals surface area (Å²) in [6, 6.07) is 22.6. The number of benzene rings is 3. The number of ketones is 1. The largest absolute Gasteiger partial charge is 0.450 e. The summed E-state index contributed by atoms with van der Waals surface area (Å²) >= 11 is 6.31. The summed E-state index contributed by atoms with van der Waals surface area (Å²) in [6.45, 7) is 3.98. The lowest BCUT2D eigenvalue weighted by Gasteiger charge is -2.19. The van der Waals surface area contributed by atoms with Gasteiger partial charge in [0, 0.05) is 21.5 Å². The first-order valence-electron chi connectivity index (χ1n) is 15.3. The summed E-state index contributed by atoms with van der Waals surface area (Å²) in [7, 11) is 0. The number of allylic oxidation sites excluding steroid dienone is 2. The molecule has 2 bridgehead atoms. The number of rotatable bonds is 8. The molecule has 1 aromatic heterocycles. The number of imide groups is 1. The Morgan fingerprint density at radius 2 is 1.71 bits per heavy atom. The fraction of sp³-hybridized carbons (Fsp3) is 0.270. The van der Waals surface area contributed by atoms with Crippen molar-refractivity contribution in [1.29, 1.82) is 0 Å². The molecule has 7 nitrogen and oxygen atoms in total. The minimum atomic E-state index is -0.945. The smallest absolute Gasteiger partial charge is 0.339 e. The number of nitrogens with zero attached hydrogens (tertiary/aromatic N) is 2. The molecule has 2 heterocycles. The average molecular weight is 619 g/mol. The number of ether oxygens (including phenoxy) is 1. The number of fused-ring (bicyclic) bond motifs is 6. The second kappa shape index (κ2) is 11.4. The van der Waals surface area contributed by atoms with Gasteiger partial charge in [0.25, 0.3) is 0 Å². The summed E-state index contributed by atoms with van der Waals surface area (Å²) in [5, 5.41) is 0.943. The molecule has 3 aliphatic rings. The fourth-order valence-electron chi connectivity index (χ4n) is 7.31. The van der Waals surface area contributed by atoms with Crippen molar-refractivity contribution in [3.63, 3.8) is 0 Å². The highest BCUT2D eigenvalue weighted by Crippen LogP contribution is 2.56. The number of halogens is 1. The van der Waals surface area contributed by atoms with Crippen molar-refractivity contribution in [1.82, 2.24) is 4.98 Å². The maximum absolute atomic E-state index is 13.7. The van der Waals surface area contributed by atoms with Gasteiger partial charge < -0.3 is 4.74 Å². The Morgan fingerprint density at radius 3 is 2.44 bits per heavy atom. The number of hydrogen-bond donors (Lipinski definition) is 0. The monoisotopic (exact) mass is 618 g/mol. The zero-order valence-electron chi connectivity index (χ0n) is 24.9. The molecule has 2 amide bonds. The lowest BCUT2D eigenvalue weighted by molar-refractivity contribution is -0.123. The van der Waals surface area contributed by atoms with Crippen LogP contribution in [0.1, 0.15) is 53.8 Å². The van der Waals surface area contributed by atoms with Gasteiger partial charge in [-0.2, -0.15) is 0 Å². The number of hydrogen-bond acceptors (Lipinski definition) is 6. The Kier molecular flexibility index (Phi) is 7.37. The minimum Gasteiger partial charge on any atom is -0.450 e. The first-order chi connectivity index (χ1) is 21.7. The molecular formula is C37H31ClN2O5. The summed E-state index contributed by atoms with van der Waals surface area (Å²) in [4.78, 5) is 59.9. The molecule has 5 unspecified atom stereocenters. The number of carbonyl (C=O) groups is 4. The molecule has 0 spiro atoms. The van der Waals surface area contributed by atoms with Crippen molar-refractivity contribution >= 4 is 51.8 Å². The molecule has 2 fully saturated rings. The quantitative estimate of drug-likeness (QED) is 0.0880. The van der Waals surface area contributed by atoms with E-state index in [0.717, 1.165) is 6.42 Å². The average Bonchev–Trinajstić information content (AvgIpc) is 3.69. The number of amides is 2. The van der Waals surface area contributed by atoms with E-state index in [4.69, 9.17) is 21.3 Å². The lowest BCUT2D eigenvalue weighted by Crippen LogP contribution is -2.32. The van der Waals surface area contributed by atoms with Crippen LogP contribution < -0.4 is 4.90 Å². The van der Waals surface area contributed by atoms with Crippen LogP contribution in [0, 0.1) is 23.7 Å². The second-order valence-corrected chi connectivity index (χ2v) is 12.6. The van der Waals surface area contributed by atoms with Gasteiger partial charge in [0.05, 0.1) is 34.3 Å². The van der Waals surface area contributed by atoms with Gasteiger partial charge in [0.15, 0.2) is 6.10 Å². The van der Waals surface area contributed by atoms with Gasteiger partial charge in [-0.25, -0.2) is 9.78 Å². The molecule has 1 aliphatic heterocycles. The molecule has 5 atom stereocenters. The van der Waals surface area contributed by atoms with E-state index in [1.54, 1.807) is 72.8 Å². The number of anilines is 1. The molecule has 0 radical (unpaired) electrons. The number of aromatic nitrogens is 1. The van der Waals surface area contributed by atoms with E-state index in [2.05, 4.69) is 13.0 Å². The summed E-state index contributed by atoms with van der Waals surface area (Å²) in [5.41, 5.74) is 4.16. The molecule has 0 N–H and O–H groups in total. The van der Waals surface area contributed by atoms with Crippen molar-refractivity contribution in [3.8, 4) is 11.3 Å². The van der Waals surface area contributed by atoms with Crippen molar-refractivity contribution < 1.29 is 23.9 Å². The van der Waals surface area contributed by atoms with Crippen LogP contribution in [0.15, 0.2) is 90.5 Å². The van der Waals surface area contributed by atoms with E-state index in [1.165, 1.54) is 10.5 Å². The van der Waals surface area contributed by atoms with Crippen molar-refractivity contribution in [2.45, 2.75) is 39.2 Å². The zero-order valence-corrected chi connectivity index (χ0v) is 25.7. The third-order valence-electron chi connectivity index (χ3n) is 9.44. The summed E-state index contributed by atoms with van der Waals surface area (Å²) in [6.07, 6.45) is 3.13. The van der Waals surface area contributed by atoms with E-state index in [9.17, 15) is 19.2 Å². The van der Waals surface area contributed by atoms with E-state index in [0.29, 0.717) is 51.3 Å². The zero-order chi connectivity index (χ0) is 31.4. The molecule has 7 rings (SSSR count). The SMILES string of the molecule is CCCC(OC(=O)c1cc(-c2ccc(N3C(=O)C4C5C=C(C)C(C5)C4C3=O)cc2)nc2ccc(Cl)cc12)C(=O)c1ccccc1. The van der Waals surface area contributed by atoms with Gasteiger partial charge in [-0.15, -0.1) is 0 Å². The fourth-order valence-corrected chi connectivity index (χ4v) is 7.48. The Balaban J connectivity index is 1.19. The van der Waals surface area contributed by atoms with E-state index >= 15 is 0 Å². The van der Waals surface area contributed by atoms with Gasteiger partial charge in [-0.05, 0) is 68.0 Å². The molecule has 45 heavy (non-hydrogen) atoms.